The van der Waals surface area contributed by atoms with Crippen molar-refractivity contribution in [2.75, 3.05) is 18.6 Å². The number of ketones is 1. The Kier molecular flexibility index (Phi) is 2.66. The summed E-state index contributed by atoms with van der Waals surface area (Å²) in [6.07, 6.45) is 1.65. The Balaban J connectivity index is 1.90. The number of hydrogen-bond donors (Lipinski definition) is 0. The lowest BCUT2D eigenvalue weighted by molar-refractivity contribution is -0.120. The van der Waals surface area contributed by atoms with E-state index in [0.29, 0.717) is 17.0 Å². The van der Waals surface area contributed by atoms with Gasteiger partial charge in [0.05, 0.1) is 5.69 Å². The van der Waals surface area contributed by atoms with Gasteiger partial charge in [0.2, 0.25) is 0 Å². The van der Waals surface area contributed by atoms with Gasteiger partial charge in [-0.25, -0.2) is 0 Å². The number of hydrogen-bond acceptors (Lipinski definition) is 3. The summed E-state index contributed by atoms with van der Waals surface area (Å²) in [6, 6.07) is 13.4. The number of allylic oxidation sites excluding steroid dienone is 1. The molecule has 0 saturated heterocycles. The van der Waals surface area contributed by atoms with Gasteiger partial charge in [0.25, 0.3) is 5.91 Å². The van der Waals surface area contributed by atoms with Crippen LogP contribution in [-0.2, 0) is 4.79 Å². The van der Waals surface area contributed by atoms with E-state index in [9.17, 15) is 9.59 Å². The quantitative estimate of drug-likeness (QED) is 0.811. The van der Waals surface area contributed by atoms with Crippen molar-refractivity contribution in [1.29, 1.82) is 0 Å². The van der Waals surface area contributed by atoms with Crippen LogP contribution in [-0.4, -0.2) is 25.3 Å². The third-order valence-electron chi connectivity index (χ3n) is 4.10. The standard InChI is InChI=1S/C18H13NO3/c1-19-15-7-13-12(11-5-3-2-4-6-11)8-16(20)14(13)9-17(15)22-10-18(19)21/h2-9H,10H2,1H3. The van der Waals surface area contributed by atoms with Crippen molar-refractivity contribution in [2.24, 2.45) is 0 Å². The Bertz CT molecular complexity index is 837. The Labute approximate surface area is 127 Å². The van der Waals surface area contributed by atoms with Crippen molar-refractivity contribution in [2.45, 2.75) is 0 Å². The first kappa shape index (κ1) is 12.8. The number of benzene rings is 2. The molecule has 2 aromatic rings. The first-order valence-corrected chi connectivity index (χ1v) is 7.04. The number of anilines is 1. The molecule has 2 aromatic carbocycles. The fraction of sp³-hybridized carbons (Fsp3) is 0.111. The molecule has 1 heterocycles. The van der Waals surface area contributed by atoms with Gasteiger partial charge >= 0.3 is 0 Å². The summed E-state index contributed by atoms with van der Waals surface area (Å²) in [5, 5.41) is 0. The second kappa shape index (κ2) is 4.56. The average Bonchev–Trinajstić information content (AvgIpc) is 2.87. The Hall–Kier alpha value is -2.88. The summed E-state index contributed by atoms with van der Waals surface area (Å²) in [6.45, 7) is 0.00937. The van der Waals surface area contributed by atoms with E-state index >= 15 is 0 Å². The highest BCUT2D eigenvalue weighted by atomic mass is 16.5. The third-order valence-corrected chi connectivity index (χ3v) is 4.10. The van der Waals surface area contributed by atoms with Crippen LogP contribution in [0.4, 0.5) is 5.69 Å². The molecule has 1 aliphatic carbocycles. The molecule has 22 heavy (non-hydrogen) atoms. The largest absolute Gasteiger partial charge is 0.482 e. The number of carbonyl (C=O) groups excluding carboxylic acids is 2. The van der Waals surface area contributed by atoms with Gasteiger partial charge in [-0.05, 0) is 34.9 Å². The molecule has 108 valence electrons. The number of nitrogens with zero attached hydrogens (tertiary/aromatic N) is 1. The molecule has 1 amide bonds. The minimum atomic E-state index is -0.0954. The fourth-order valence-corrected chi connectivity index (χ4v) is 2.89. The molecule has 0 atom stereocenters. The van der Waals surface area contributed by atoms with Crippen LogP contribution >= 0.6 is 0 Å². The monoisotopic (exact) mass is 291 g/mol. The van der Waals surface area contributed by atoms with E-state index in [1.54, 1.807) is 24.1 Å². The number of carbonyl (C=O) groups is 2. The lowest BCUT2D eigenvalue weighted by atomic mass is 9.97. The van der Waals surface area contributed by atoms with Gasteiger partial charge in [-0.3, -0.25) is 9.59 Å². The van der Waals surface area contributed by atoms with Crippen LogP contribution in [0.25, 0.3) is 5.57 Å². The van der Waals surface area contributed by atoms with E-state index in [4.69, 9.17) is 4.74 Å². The molecule has 0 bridgehead atoms. The molecule has 0 unspecified atom stereocenters. The van der Waals surface area contributed by atoms with Crippen molar-refractivity contribution in [3.05, 3.63) is 65.2 Å². The number of likely N-dealkylation sites (N-methyl/N-ethyl adjacent to an activating group) is 1. The van der Waals surface area contributed by atoms with Gasteiger partial charge in [-0.1, -0.05) is 30.3 Å². The summed E-state index contributed by atoms with van der Waals surface area (Å²) in [4.78, 5) is 25.6. The van der Waals surface area contributed by atoms with E-state index in [1.807, 2.05) is 36.4 Å². The molecule has 4 nitrogen and oxygen atoms in total. The van der Waals surface area contributed by atoms with Gasteiger partial charge in [0.15, 0.2) is 12.4 Å². The zero-order valence-corrected chi connectivity index (χ0v) is 12.0. The Morgan fingerprint density at radius 3 is 2.59 bits per heavy atom. The second-order valence-electron chi connectivity index (χ2n) is 5.40. The lowest BCUT2D eigenvalue weighted by Crippen LogP contribution is -2.35. The molecule has 0 aromatic heterocycles. The maximum Gasteiger partial charge on any atom is 0.264 e. The van der Waals surface area contributed by atoms with Crippen LogP contribution in [0, 0.1) is 0 Å². The number of fused-ring (bicyclic) bond motifs is 2. The van der Waals surface area contributed by atoms with Crippen LogP contribution in [0.3, 0.4) is 0 Å². The summed E-state index contributed by atoms with van der Waals surface area (Å²) in [7, 11) is 1.72. The number of amides is 1. The molecule has 0 radical (unpaired) electrons. The summed E-state index contributed by atoms with van der Waals surface area (Å²) >= 11 is 0. The highest BCUT2D eigenvalue weighted by molar-refractivity contribution is 6.19. The van der Waals surface area contributed by atoms with Crippen LogP contribution in [0.1, 0.15) is 21.5 Å². The molecule has 4 heteroatoms. The number of ether oxygens (including phenoxy) is 1. The van der Waals surface area contributed by atoms with E-state index in [0.717, 1.165) is 16.7 Å². The smallest absolute Gasteiger partial charge is 0.264 e. The molecule has 0 fully saturated rings. The topological polar surface area (TPSA) is 46.6 Å². The van der Waals surface area contributed by atoms with Crippen molar-refractivity contribution in [1.82, 2.24) is 0 Å². The van der Waals surface area contributed by atoms with Crippen molar-refractivity contribution in [3.8, 4) is 5.75 Å². The molecule has 1 aliphatic heterocycles. The first-order valence-electron chi connectivity index (χ1n) is 7.04. The van der Waals surface area contributed by atoms with Crippen molar-refractivity contribution >= 4 is 23.0 Å². The lowest BCUT2D eigenvalue weighted by Gasteiger charge is -2.26. The van der Waals surface area contributed by atoms with E-state index < -0.39 is 0 Å². The maximum atomic E-state index is 12.3. The van der Waals surface area contributed by atoms with E-state index in [1.165, 1.54) is 0 Å². The van der Waals surface area contributed by atoms with Crippen LogP contribution in [0.15, 0.2) is 48.5 Å². The predicted molar refractivity (Wildman–Crippen MR) is 83.2 cm³/mol. The second-order valence-corrected chi connectivity index (χ2v) is 5.40. The normalized spacial score (nSPS) is 16.0. The molecule has 0 N–H and O–H groups in total. The molecule has 0 saturated carbocycles. The summed E-state index contributed by atoms with van der Waals surface area (Å²) in [5.41, 5.74) is 4.04. The third kappa shape index (κ3) is 1.77. The van der Waals surface area contributed by atoms with E-state index in [-0.39, 0.29) is 18.3 Å². The Morgan fingerprint density at radius 1 is 1.05 bits per heavy atom. The number of rotatable bonds is 1. The zero-order valence-electron chi connectivity index (χ0n) is 12.0. The van der Waals surface area contributed by atoms with E-state index in [2.05, 4.69) is 0 Å². The van der Waals surface area contributed by atoms with Gasteiger partial charge in [0.1, 0.15) is 5.75 Å². The zero-order chi connectivity index (χ0) is 15.3. The van der Waals surface area contributed by atoms with Crippen LogP contribution in [0.5, 0.6) is 5.75 Å². The SMILES string of the molecule is CN1C(=O)COc2cc3c(cc21)C(c1ccccc1)=CC3=O. The minimum absolute atomic E-state index is 0.00937. The van der Waals surface area contributed by atoms with Gasteiger partial charge < -0.3 is 9.64 Å². The predicted octanol–water partition coefficient (Wildman–Crippen LogP) is 2.67. The molecule has 4 rings (SSSR count). The summed E-state index contributed by atoms with van der Waals surface area (Å²) in [5.74, 6) is 0.457. The minimum Gasteiger partial charge on any atom is -0.482 e. The van der Waals surface area contributed by atoms with Gasteiger partial charge in [-0.2, -0.15) is 0 Å². The molecular weight excluding hydrogens is 278 g/mol. The molecule has 0 spiro atoms. The Morgan fingerprint density at radius 2 is 1.82 bits per heavy atom. The fourth-order valence-electron chi connectivity index (χ4n) is 2.89. The maximum absolute atomic E-state index is 12.3. The van der Waals surface area contributed by atoms with Gasteiger partial charge in [-0.15, -0.1) is 0 Å². The molecular formula is C18H13NO3. The highest BCUT2D eigenvalue weighted by Gasteiger charge is 2.29. The van der Waals surface area contributed by atoms with Crippen LogP contribution in [0.2, 0.25) is 0 Å². The van der Waals surface area contributed by atoms with Crippen molar-refractivity contribution in [3.63, 3.8) is 0 Å². The summed E-state index contributed by atoms with van der Waals surface area (Å²) < 4.78 is 5.45. The van der Waals surface area contributed by atoms with Gasteiger partial charge in [0, 0.05) is 12.6 Å². The van der Waals surface area contributed by atoms with Crippen molar-refractivity contribution < 1.29 is 14.3 Å². The molecule has 2 aliphatic rings. The highest BCUT2D eigenvalue weighted by Crippen LogP contribution is 2.41. The first-order chi connectivity index (χ1) is 10.6. The average molecular weight is 291 g/mol. The van der Waals surface area contributed by atoms with Crippen LogP contribution < -0.4 is 9.64 Å².